The zero-order valence-electron chi connectivity index (χ0n) is 16.5. The first-order valence-electron chi connectivity index (χ1n) is 9.71. The highest BCUT2D eigenvalue weighted by molar-refractivity contribution is 5.50. The number of aliphatic hydroxyl groups excluding tert-OH is 4. The van der Waals surface area contributed by atoms with E-state index < -0.39 is 37.3 Å². The topological polar surface area (TPSA) is 128 Å². The molecule has 3 rings (SSSR count). The van der Waals surface area contributed by atoms with Gasteiger partial charge in [-0.05, 0) is 24.5 Å². The SMILES string of the molecule is CC/C=C/c1ccc(Cc2c(O[C@@H]3O[C@H](CO)[C@@H](O)[C@H](O)[C@H]3O)n[nH]c2C)cc1. The average molecular weight is 404 g/mol. The van der Waals surface area contributed by atoms with Gasteiger partial charge in [-0.1, -0.05) is 43.3 Å². The monoisotopic (exact) mass is 404 g/mol. The number of hydrogen-bond acceptors (Lipinski definition) is 7. The van der Waals surface area contributed by atoms with E-state index in [1.165, 1.54) is 0 Å². The fourth-order valence-electron chi connectivity index (χ4n) is 3.22. The quantitative estimate of drug-likeness (QED) is 0.464. The predicted molar refractivity (Wildman–Crippen MR) is 106 cm³/mol. The molecule has 0 radical (unpaired) electrons. The van der Waals surface area contributed by atoms with Gasteiger partial charge in [0.05, 0.1) is 6.61 Å². The lowest BCUT2D eigenvalue weighted by molar-refractivity contribution is -0.278. The number of aromatic amines is 1. The molecule has 1 saturated heterocycles. The summed E-state index contributed by atoms with van der Waals surface area (Å²) < 4.78 is 11.1. The smallest absolute Gasteiger partial charge is 0.238 e. The molecule has 1 fully saturated rings. The van der Waals surface area contributed by atoms with Crippen molar-refractivity contribution in [1.29, 1.82) is 0 Å². The van der Waals surface area contributed by atoms with E-state index in [1.807, 2.05) is 31.2 Å². The minimum Gasteiger partial charge on any atom is -0.443 e. The summed E-state index contributed by atoms with van der Waals surface area (Å²) in [6.45, 7) is 3.43. The Morgan fingerprint density at radius 1 is 1.14 bits per heavy atom. The van der Waals surface area contributed by atoms with Crippen LogP contribution in [0.2, 0.25) is 0 Å². The van der Waals surface area contributed by atoms with E-state index in [0.29, 0.717) is 6.42 Å². The number of ether oxygens (including phenoxy) is 2. The number of hydrogen-bond donors (Lipinski definition) is 5. The molecule has 158 valence electrons. The van der Waals surface area contributed by atoms with Gasteiger partial charge in [0.15, 0.2) is 0 Å². The molecule has 2 aromatic rings. The number of nitrogens with zero attached hydrogens (tertiary/aromatic N) is 1. The Labute approximate surface area is 169 Å². The summed E-state index contributed by atoms with van der Waals surface area (Å²) in [5.41, 5.74) is 3.78. The lowest BCUT2D eigenvalue weighted by Gasteiger charge is -2.39. The second kappa shape index (κ2) is 9.51. The fraction of sp³-hybridized carbons (Fsp3) is 0.476. The van der Waals surface area contributed by atoms with Gasteiger partial charge in [0, 0.05) is 17.7 Å². The Bertz CT molecular complexity index is 817. The number of H-pyrrole nitrogens is 1. The van der Waals surface area contributed by atoms with Gasteiger partial charge in [-0.3, -0.25) is 5.10 Å². The van der Waals surface area contributed by atoms with Crippen molar-refractivity contribution in [1.82, 2.24) is 10.2 Å². The molecule has 0 unspecified atom stereocenters. The number of rotatable bonds is 7. The Kier molecular flexibility index (Phi) is 7.05. The van der Waals surface area contributed by atoms with Crippen molar-refractivity contribution in [2.24, 2.45) is 0 Å². The zero-order valence-corrected chi connectivity index (χ0v) is 16.5. The summed E-state index contributed by atoms with van der Waals surface area (Å²) in [6.07, 6.45) is -1.03. The Balaban J connectivity index is 1.75. The van der Waals surface area contributed by atoms with Crippen LogP contribution in [0.25, 0.3) is 6.08 Å². The fourth-order valence-corrected chi connectivity index (χ4v) is 3.22. The van der Waals surface area contributed by atoms with Crippen molar-refractivity contribution < 1.29 is 29.9 Å². The normalized spacial score (nSPS) is 27.4. The summed E-state index contributed by atoms with van der Waals surface area (Å²) in [5, 5.41) is 46.3. The van der Waals surface area contributed by atoms with Crippen molar-refractivity contribution in [2.45, 2.75) is 57.4 Å². The van der Waals surface area contributed by atoms with E-state index in [1.54, 1.807) is 0 Å². The maximum atomic E-state index is 10.2. The number of aliphatic hydroxyl groups is 4. The molecule has 0 aliphatic carbocycles. The Morgan fingerprint density at radius 2 is 1.86 bits per heavy atom. The molecule has 29 heavy (non-hydrogen) atoms. The van der Waals surface area contributed by atoms with Crippen molar-refractivity contribution in [2.75, 3.05) is 6.61 Å². The molecule has 8 nitrogen and oxygen atoms in total. The van der Waals surface area contributed by atoms with Gasteiger partial charge in [0.1, 0.15) is 24.4 Å². The van der Waals surface area contributed by atoms with Gasteiger partial charge < -0.3 is 29.9 Å². The number of aryl methyl sites for hydroxylation is 1. The standard InChI is InChI=1S/C21H28N2O6/c1-3-4-5-13-6-8-14(9-7-13)10-15-12(2)22-23-20(15)29-21-19(27)18(26)17(25)16(11-24)28-21/h4-9,16-19,21,24-27H,3,10-11H2,1-2H3,(H,22,23)/b5-4+/t16-,17-,18+,19-,21+/m1/s1. The summed E-state index contributed by atoms with van der Waals surface area (Å²) in [4.78, 5) is 0. The molecule has 1 aliphatic heterocycles. The van der Waals surface area contributed by atoms with Gasteiger partial charge in [-0.2, -0.15) is 0 Å². The second-order valence-electron chi connectivity index (χ2n) is 7.18. The Hall–Kier alpha value is -2.23. The van der Waals surface area contributed by atoms with Crippen LogP contribution < -0.4 is 4.74 Å². The third-order valence-corrected chi connectivity index (χ3v) is 5.02. The molecule has 1 aromatic heterocycles. The third kappa shape index (κ3) is 4.85. The van der Waals surface area contributed by atoms with Crippen LogP contribution in [0.3, 0.4) is 0 Å². The molecule has 1 aromatic carbocycles. The molecule has 5 atom stereocenters. The molecule has 0 saturated carbocycles. The van der Waals surface area contributed by atoms with E-state index in [4.69, 9.17) is 9.47 Å². The van der Waals surface area contributed by atoms with Crippen LogP contribution in [0.15, 0.2) is 30.3 Å². The van der Waals surface area contributed by atoms with Crippen LogP contribution in [0, 0.1) is 6.92 Å². The van der Waals surface area contributed by atoms with E-state index in [0.717, 1.165) is 28.8 Å². The molecular weight excluding hydrogens is 376 g/mol. The summed E-state index contributed by atoms with van der Waals surface area (Å²) >= 11 is 0. The molecule has 8 heteroatoms. The number of nitrogens with one attached hydrogen (secondary N) is 1. The van der Waals surface area contributed by atoms with E-state index in [-0.39, 0.29) is 5.88 Å². The van der Waals surface area contributed by atoms with E-state index in [2.05, 4.69) is 29.3 Å². The summed E-state index contributed by atoms with van der Waals surface area (Å²) in [6, 6.07) is 8.13. The van der Waals surface area contributed by atoms with Crippen LogP contribution in [-0.2, 0) is 11.2 Å². The predicted octanol–water partition coefficient (Wildman–Crippen LogP) is 0.911. The van der Waals surface area contributed by atoms with Crippen LogP contribution in [-0.4, -0.2) is 67.9 Å². The van der Waals surface area contributed by atoms with Crippen molar-refractivity contribution in [3.05, 3.63) is 52.7 Å². The van der Waals surface area contributed by atoms with Crippen LogP contribution >= 0.6 is 0 Å². The number of aromatic nitrogens is 2. The van der Waals surface area contributed by atoms with Crippen molar-refractivity contribution in [3.8, 4) is 5.88 Å². The van der Waals surface area contributed by atoms with Crippen LogP contribution in [0.5, 0.6) is 5.88 Å². The largest absolute Gasteiger partial charge is 0.443 e. The Morgan fingerprint density at radius 3 is 2.52 bits per heavy atom. The molecule has 0 bridgehead atoms. The molecular formula is C21H28N2O6. The second-order valence-corrected chi connectivity index (χ2v) is 7.18. The van der Waals surface area contributed by atoms with Gasteiger partial charge in [0.2, 0.25) is 12.2 Å². The first-order valence-corrected chi connectivity index (χ1v) is 9.71. The molecule has 5 N–H and O–H groups in total. The van der Waals surface area contributed by atoms with E-state index in [9.17, 15) is 20.4 Å². The van der Waals surface area contributed by atoms with Crippen LogP contribution in [0.4, 0.5) is 0 Å². The number of allylic oxidation sites excluding steroid dienone is 1. The zero-order chi connectivity index (χ0) is 21.0. The highest BCUT2D eigenvalue weighted by atomic mass is 16.7. The minimum atomic E-state index is -1.50. The lowest BCUT2D eigenvalue weighted by Crippen LogP contribution is -2.60. The lowest BCUT2D eigenvalue weighted by atomic mass is 9.99. The summed E-state index contributed by atoms with van der Waals surface area (Å²) in [7, 11) is 0. The van der Waals surface area contributed by atoms with Gasteiger partial charge in [-0.25, -0.2) is 0 Å². The van der Waals surface area contributed by atoms with Crippen LogP contribution in [0.1, 0.15) is 35.7 Å². The first kappa shape index (κ1) is 21.5. The van der Waals surface area contributed by atoms with Crippen molar-refractivity contribution in [3.63, 3.8) is 0 Å². The minimum absolute atomic E-state index is 0.238. The first-order chi connectivity index (χ1) is 13.9. The molecule has 2 heterocycles. The molecule has 1 aliphatic rings. The maximum absolute atomic E-state index is 10.2. The molecule has 0 amide bonds. The van der Waals surface area contributed by atoms with Gasteiger partial charge >= 0.3 is 0 Å². The average Bonchev–Trinajstić information content (AvgIpc) is 3.07. The molecule has 0 spiro atoms. The number of benzene rings is 1. The summed E-state index contributed by atoms with van der Waals surface area (Å²) in [5.74, 6) is 0.238. The highest BCUT2D eigenvalue weighted by Crippen LogP contribution is 2.28. The van der Waals surface area contributed by atoms with Gasteiger partial charge in [-0.15, -0.1) is 5.10 Å². The van der Waals surface area contributed by atoms with Gasteiger partial charge in [0.25, 0.3) is 0 Å². The highest BCUT2D eigenvalue weighted by Gasteiger charge is 2.45. The van der Waals surface area contributed by atoms with E-state index >= 15 is 0 Å². The maximum Gasteiger partial charge on any atom is 0.238 e. The third-order valence-electron chi connectivity index (χ3n) is 5.02. The van der Waals surface area contributed by atoms with Crippen molar-refractivity contribution >= 4 is 6.08 Å².